The number of benzene rings is 2. The van der Waals surface area contributed by atoms with Crippen LogP contribution in [0.2, 0.25) is 0 Å². The highest BCUT2D eigenvalue weighted by Gasteiger charge is 2.50. The number of Topliss-reactive ketones (excluding diaryl/α,β-unsaturated/α-hetero) is 1. The van der Waals surface area contributed by atoms with E-state index in [2.05, 4.69) is 16.0 Å². The molecule has 1 saturated carbocycles. The smallest absolute Gasteiger partial charge is 0.248 e. The molecule has 3 aliphatic rings. The number of methoxy groups -OCH3 is 1. The van der Waals surface area contributed by atoms with Crippen LogP contribution in [-0.2, 0) is 36.8 Å². The topological polar surface area (TPSA) is 126 Å². The SMILES string of the molecule is COc1ccc(CC(NC(=O)C(C)NC(=O)C2=Cc3ccccc3C2)C(=O)NC(CC2CCCC2)C(=O)C2(C)CO2)cc1. The van der Waals surface area contributed by atoms with E-state index >= 15 is 0 Å². The van der Waals surface area contributed by atoms with Crippen molar-refractivity contribution in [1.29, 1.82) is 0 Å². The van der Waals surface area contributed by atoms with Gasteiger partial charge < -0.3 is 25.4 Å². The van der Waals surface area contributed by atoms with E-state index in [0.29, 0.717) is 36.7 Å². The largest absolute Gasteiger partial charge is 0.497 e. The summed E-state index contributed by atoms with van der Waals surface area (Å²) in [6.45, 7) is 3.69. The van der Waals surface area contributed by atoms with E-state index in [4.69, 9.17) is 9.47 Å². The number of hydrogen-bond acceptors (Lipinski definition) is 6. The molecular weight excluding hydrogens is 546 g/mol. The number of carbonyl (C=O) groups is 4. The second-order valence-electron chi connectivity index (χ2n) is 12.2. The lowest BCUT2D eigenvalue weighted by Gasteiger charge is -2.26. The molecule has 4 unspecified atom stereocenters. The molecule has 3 N–H and O–H groups in total. The maximum Gasteiger partial charge on any atom is 0.248 e. The molecule has 43 heavy (non-hydrogen) atoms. The predicted molar refractivity (Wildman–Crippen MR) is 162 cm³/mol. The molecule has 1 aliphatic heterocycles. The quantitative estimate of drug-likeness (QED) is 0.309. The van der Waals surface area contributed by atoms with Gasteiger partial charge in [0.1, 0.15) is 23.4 Å². The number of rotatable bonds is 13. The summed E-state index contributed by atoms with van der Waals surface area (Å²) in [7, 11) is 1.58. The third kappa shape index (κ3) is 7.51. The highest BCUT2D eigenvalue weighted by molar-refractivity contribution is 6.03. The van der Waals surface area contributed by atoms with Gasteiger partial charge in [-0.15, -0.1) is 0 Å². The number of hydrogen-bond donors (Lipinski definition) is 3. The summed E-state index contributed by atoms with van der Waals surface area (Å²) in [5.41, 5.74) is 2.57. The Morgan fingerprint density at radius 1 is 0.953 bits per heavy atom. The van der Waals surface area contributed by atoms with Gasteiger partial charge in [0, 0.05) is 18.4 Å². The van der Waals surface area contributed by atoms with Crippen LogP contribution >= 0.6 is 0 Å². The van der Waals surface area contributed by atoms with Gasteiger partial charge >= 0.3 is 0 Å². The molecule has 0 aromatic heterocycles. The molecule has 2 aliphatic carbocycles. The van der Waals surface area contributed by atoms with E-state index < -0.39 is 35.5 Å². The van der Waals surface area contributed by atoms with Crippen molar-refractivity contribution >= 4 is 29.6 Å². The van der Waals surface area contributed by atoms with Crippen molar-refractivity contribution in [3.05, 3.63) is 70.8 Å². The van der Waals surface area contributed by atoms with E-state index in [1.807, 2.05) is 42.5 Å². The fraction of sp³-hybridized carbons (Fsp3) is 0.471. The molecule has 9 heteroatoms. The fourth-order valence-electron chi connectivity index (χ4n) is 5.99. The number of fused-ring (bicyclic) bond motifs is 1. The van der Waals surface area contributed by atoms with Gasteiger partial charge in [0.25, 0.3) is 0 Å². The molecule has 2 aromatic rings. The standard InChI is InChI=1S/C34H41N3O6/c1-21(35-32(40)26-18-24-10-6-7-11-25(24)19-26)31(39)37-29(17-23-12-14-27(42-3)15-13-23)33(41)36-28(16-22-8-4-5-9-22)30(38)34(2)20-43-34/h6-7,10-15,18,21-22,28-29H,4-5,8-9,16-17,19-20H2,1-3H3,(H,35,40)(H,36,41)(H,37,39). The van der Waals surface area contributed by atoms with Crippen LogP contribution in [0.1, 0.15) is 62.6 Å². The second-order valence-corrected chi connectivity index (χ2v) is 12.2. The summed E-state index contributed by atoms with van der Waals surface area (Å²) in [6, 6.07) is 12.5. The Morgan fingerprint density at radius 3 is 2.28 bits per heavy atom. The molecule has 228 valence electrons. The fourth-order valence-corrected chi connectivity index (χ4v) is 5.99. The normalized spacial score (nSPS) is 21.1. The molecule has 2 fully saturated rings. The van der Waals surface area contributed by atoms with Gasteiger partial charge in [-0.1, -0.05) is 62.1 Å². The Balaban J connectivity index is 1.28. The molecular formula is C34H41N3O6. The molecule has 0 spiro atoms. The number of carbonyl (C=O) groups excluding carboxylic acids is 4. The third-order valence-corrected chi connectivity index (χ3v) is 8.81. The van der Waals surface area contributed by atoms with Crippen molar-refractivity contribution in [3.63, 3.8) is 0 Å². The van der Waals surface area contributed by atoms with Gasteiger partial charge in [-0.3, -0.25) is 19.2 Å². The number of amides is 3. The van der Waals surface area contributed by atoms with Gasteiger partial charge in [0.05, 0.1) is 19.8 Å². The highest BCUT2D eigenvalue weighted by Crippen LogP contribution is 2.33. The van der Waals surface area contributed by atoms with E-state index in [9.17, 15) is 19.2 Å². The maximum absolute atomic E-state index is 13.8. The number of ether oxygens (including phenoxy) is 2. The van der Waals surface area contributed by atoms with Crippen LogP contribution in [0.5, 0.6) is 5.75 Å². The molecule has 1 saturated heterocycles. The monoisotopic (exact) mass is 587 g/mol. The first-order valence-electron chi connectivity index (χ1n) is 15.2. The molecule has 3 amide bonds. The minimum Gasteiger partial charge on any atom is -0.497 e. The van der Waals surface area contributed by atoms with Crippen molar-refractivity contribution < 1.29 is 28.7 Å². The summed E-state index contributed by atoms with van der Waals surface area (Å²) >= 11 is 0. The lowest BCUT2D eigenvalue weighted by molar-refractivity contribution is -0.134. The zero-order chi connectivity index (χ0) is 30.6. The summed E-state index contributed by atoms with van der Waals surface area (Å²) in [5, 5.41) is 8.59. The summed E-state index contributed by atoms with van der Waals surface area (Å²) in [5.74, 6) is -0.360. The lowest BCUT2D eigenvalue weighted by Crippen LogP contribution is -2.57. The average molecular weight is 588 g/mol. The minimum atomic E-state index is -0.970. The Bertz CT molecular complexity index is 1390. The summed E-state index contributed by atoms with van der Waals surface area (Å²) in [6.07, 6.45) is 7.38. The number of ketones is 1. The molecule has 4 atom stereocenters. The summed E-state index contributed by atoms with van der Waals surface area (Å²) in [4.78, 5) is 53.5. The Labute approximate surface area is 252 Å². The molecule has 2 aromatic carbocycles. The third-order valence-electron chi connectivity index (χ3n) is 8.81. The van der Waals surface area contributed by atoms with Crippen molar-refractivity contribution in [3.8, 4) is 5.75 Å². The van der Waals surface area contributed by atoms with Crippen molar-refractivity contribution in [2.75, 3.05) is 13.7 Å². The van der Waals surface area contributed by atoms with Crippen molar-refractivity contribution in [2.45, 2.75) is 82.5 Å². The van der Waals surface area contributed by atoms with Crippen LogP contribution in [0.15, 0.2) is 54.1 Å². The average Bonchev–Trinajstić information content (AvgIpc) is 3.36. The van der Waals surface area contributed by atoms with Gasteiger partial charge in [-0.25, -0.2) is 0 Å². The van der Waals surface area contributed by atoms with Gasteiger partial charge in [-0.2, -0.15) is 0 Å². The van der Waals surface area contributed by atoms with Crippen LogP contribution in [0, 0.1) is 5.92 Å². The first kappa shape index (κ1) is 30.5. The van der Waals surface area contributed by atoms with Crippen LogP contribution in [0.3, 0.4) is 0 Å². The van der Waals surface area contributed by atoms with Crippen LogP contribution < -0.4 is 20.7 Å². The Morgan fingerprint density at radius 2 is 1.63 bits per heavy atom. The van der Waals surface area contributed by atoms with Gasteiger partial charge in [-0.05, 0) is 61.1 Å². The summed E-state index contributed by atoms with van der Waals surface area (Å²) < 4.78 is 10.7. The van der Waals surface area contributed by atoms with E-state index in [1.165, 1.54) is 0 Å². The van der Waals surface area contributed by atoms with Crippen molar-refractivity contribution in [2.24, 2.45) is 5.92 Å². The number of nitrogens with one attached hydrogen (secondary N) is 3. The Kier molecular flexibility index (Phi) is 9.30. The molecule has 0 bridgehead atoms. The second kappa shape index (κ2) is 13.1. The maximum atomic E-state index is 13.8. The highest BCUT2D eigenvalue weighted by atomic mass is 16.6. The van der Waals surface area contributed by atoms with E-state index in [-0.39, 0.29) is 18.1 Å². The molecule has 5 rings (SSSR count). The molecule has 0 radical (unpaired) electrons. The van der Waals surface area contributed by atoms with Gasteiger partial charge in [0.2, 0.25) is 17.7 Å². The van der Waals surface area contributed by atoms with Gasteiger partial charge in [0.15, 0.2) is 5.78 Å². The van der Waals surface area contributed by atoms with Crippen molar-refractivity contribution in [1.82, 2.24) is 16.0 Å². The molecule has 9 nitrogen and oxygen atoms in total. The first-order chi connectivity index (χ1) is 20.6. The zero-order valence-corrected chi connectivity index (χ0v) is 25.1. The lowest BCUT2D eigenvalue weighted by atomic mass is 9.90. The van der Waals surface area contributed by atoms with Crippen LogP contribution in [0.4, 0.5) is 0 Å². The van der Waals surface area contributed by atoms with Crippen LogP contribution in [-0.4, -0.2) is 60.9 Å². The van der Waals surface area contributed by atoms with E-state index in [0.717, 1.165) is 42.4 Å². The first-order valence-corrected chi connectivity index (χ1v) is 15.2. The molecule has 1 heterocycles. The predicted octanol–water partition coefficient (Wildman–Crippen LogP) is 3.29. The minimum absolute atomic E-state index is 0.131. The van der Waals surface area contributed by atoms with E-state index in [1.54, 1.807) is 33.1 Å². The Hall–Kier alpha value is -3.98. The van der Waals surface area contributed by atoms with Crippen LogP contribution in [0.25, 0.3) is 6.08 Å². The zero-order valence-electron chi connectivity index (χ0n) is 25.1. The number of epoxide rings is 1.